The third-order valence-electron chi connectivity index (χ3n) is 4.44. The molecule has 0 aliphatic carbocycles. The van der Waals surface area contributed by atoms with E-state index < -0.39 is 0 Å². The van der Waals surface area contributed by atoms with Crippen LogP contribution in [0.15, 0.2) is 30.5 Å². The summed E-state index contributed by atoms with van der Waals surface area (Å²) >= 11 is 6.06. The predicted molar refractivity (Wildman–Crippen MR) is 90.2 cm³/mol. The minimum absolute atomic E-state index is 0.748. The molecule has 21 heavy (non-hydrogen) atoms. The SMILES string of the molecule is CNCCC1CCN(c2ccnc3cc(Cl)ccc23)CC1. The van der Waals surface area contributed by atoms with Gasteiger partial charge in [0.25, 0.3) is 0 Å². The van der Waals surface area contributed by atoms with E-state index in [1.165, 1.54) is 30.3 Å². The van der Waals surface area contributed by atoms with E-state index in [2.05, 4.69) is 27.3 Å². The van der Waals surface area contributed by atoms with Gasteiger partial charge in [-0.15, -0.1) is 0 Å². The molecule has 0 unspecified atom stereocenters. The highest BCUT2D eigenvalue weighted by molar-refractivity contribution is 6.31. The van der Waals surface area contributed by atoms with Crippen LogP contribution >= 0.6 is 11.6 Å². The van der Waals surface area contributed by atoms with E-state index in [-0.39, 0.29) is 0 Å². The third kappa shape index (κ3) is 3.30. The van der Waals surface area contributed by atoms with Gasteiger partial charge in [-0.3, -0.25) is 4.98 Å². The molecule has 0 spiro atoms. The van der Waals surface area contributed by atoms with Gasteiger partial charge < -0.3 is 10.2 Å². The van der Waals surface area contributed by atoms with E-state index in [1.54, 1.807) is 0 Å². The number of nitrogens with one attached hydrogen (secondary N) is 1. The first-order valence-corrected chi connectivity index (χ1v) is 8.09. The van der Waals surface area contributed by atoms with E-state index in [0.29, 0.717) is 0 Å². The van der Waals surface area contributed by atoms with Crippen LogP contribution in [0.5, 0.6) is 0 Å². The van der Waals surface area contributed by atoms with Crippen LogP contribution in [0.3, 0.4) is 0 Å². The number of anilines is 1. The fourth-order valence-corrected chi connectivity index (χ4v) is 3.36. The number of benzene rings is 1. The quantitative estimate of drug-likeness (QED) is 0.933. The first kappa shape index (κ1) is 14.6. The Balaban J connectivity index is 1.76. The number of halogens is 1. The van der Waals surface area contributed by atoms with Crippen molar-refractivity contribution in [3.05, 3.63) is 35.5 Å². The molecule has 0 saturated carbocycles. The first-order chi connectivity index (χ1) is 10.3. The standard InChI is InChI=1S/C17H22ClN3/c1-19-8-4-13-6-10-21(11-7-13)17-5-9-20-16-12-14(18)2-3-15(16)17/h2-3,5,9,12-13,19H,4,6-8,10-11H2,1H3. The number of pyridine rings is 1. The van der Waals surface area contributed by atoms with Crippen molar-refractivity contribution in [3.8, 4) is 0 Å². The Bertz CT molecular complexity index is 606. The molecular formula is C17H22ClN3. The summed E-state index contributed by atoms with van der Waals surface area (Å²) in [5.74, 6) is 0.858. The lowest BCUT2D eigenvalue weighted by atomic mass is 9.93. The van der Waals surface area contributed by atoms with E-state index in [9.17, 15) is 0 Å². The van der Waals surface area contributed by atoms with E-state index in [4.69, 9.17) is 11.6 Å². The molecule has 1 N–H and O–H groups in total. The Kier molecular flexibility index (Phi) is 4.61. The molecule has 3 rings (SSSR count). The third-order valence-corrected chi connectivity index (χ3v) is 4.67. The van der Waals surface area contributed by atoms with Crippen molar-refractivity contribution in [2.45, 2.75) is 19.3 Å². The van der Waals surface area contributed by atoms with Gasteiger partial charge in [0, 0.05) is 35.4 Å². The van der Waals surface area contributed by atoms with Gasteiger partial charge in [-0.1, -0.05) is 11.6 Å². The van der Waals surface area contributed by atoms with Gasteiger partial charge >= 0.3 is 0 Å². The Morgan fingerprint density at radius 3 is 2.86 bits per heavy atom. The number of nitrogens with zero attached hydrogens (tertiary/aromatic N) is 2. The van der Waals surface area contributed by atoms with Crippen molar-refractivity contribution in [1.29, 1.82) is 0 Å². The predicted octanol–water partition coefficient (Wildman–Crippen LogP) is 3.71. The topological polar surface area (TPSA) is 28.2 Å². The highest BCUT2D eigenvalue weighted by Gasteiger charge is 2.20. The summed E-state index contributed by atoms with van der Waals surface area (Å²) in [5, 5.41) is 5.21. The van der Waals surface area contributed by atoms with Crippen molar-refractivity contribution in [3.63, 3.8) is 0 Å². The molecule has 1 saturated heterocycles. The Morgan fingerprint density at radius 1 is 1.29 bits per heavy atom. The summed E-state index contributed by atoms with van der Waals surface area (Å²) in [6.07, 6.45) is 5.73. The molecule has 2 heterocycles. The van der Waals surface area contributed by atoms with Crippen LogP contribution in [0.25, 0.3) is 10.9 Å². The molecule has 1 aromatic carbocycles. The van der Waals surface area contributed by atoms with Crippen LogP contribution in [-0.2, 0) is 0 Å². The van der Waals surface area contributed by atoms with Crippen LogP contribution < -0.4 is 10.2 Å². The van der Waals surface area contributed by atoms with Crippen LogP contribution in [0.1, 0.15) is 19.3 Å². The molecule has 1 aliphatic heterocycles. The molecule has 3 nitrogen and oxygen atoms in total. The number of hydrogen-bond acceptors (Lipinski definition) is 3. The Morgan fingerprint density at radius 2 is 2.10 bits per heavy atom. The summed E-state index contributed by atoms with van der Waals surface area (Å²) in [7, 11) is 2.03. The van der Waals surface area contributed by atoms with Crippen molar-refractivity contribution in [2.75, 3.05) is 31.6 Å². The van der Waals surface area contributed by atoms with Gasteiger partial charge in [-0.25, -0.2) is 0 Å². The maximum atomic E-state index is 6.06. The van der Waals surface area contributed by atoms with E-state index in [1.807, 2.05) is 25.4 Å². The van der Waals surface area contributed by atoms with Gasteiger partial charge in [0.2, 0.25) is 0 Å². The lowest BCUT2D eigenvalue weighted by Crippen LogP contribution is -2.34. The molecule has 0 amide bonds. The molecular weight excluding hydrogens is 282 g/mol. The zero-order valence-corrected chi connectivity index (χ0v) is 13.2. The molecule has 0 radical (unpaired) electrons. The molecule has 0 atom stereocenters. The number of aromatic nitrogens is 1. The van der Waals surface area contributed by atoms with Gasteiger partial charge in [0.05, 0.1) is 5.52 Å². The number of rotatable bonds is 4. The molecule has 1 aromatic heterocycles. The summed E-state index contributed by atoms with van der Waals surface area (Å²) < 4.78 is 0. The maximum absolute atomic E-state index is 6.06. The summed E-state index contributed by atoms with van der Waals surface area (Å²) in [6.45, 7) is 3.40. The monoisotopic (exact) mass is 303 g/mol. The largest absolute Gasteiger partial charge is 0.371 e. The smallest absolute Gasteiger partial charge is 0.0737 e. The Labute approximate surface area is 131 Å². The maximum Gasteiger partial charge on any atom is 0.0737 e. The number of hydrogen-bond donors (Lipinski definition) is 1. The number of piperidine rings is 1. The van der Waals surface area contributed by atoms with Crippen LogP contribution in [0, 0.1) is 5.92 Å². The Hall–Kier alpha value is -1.32. The molecule has 2 aromatic rings. The molecule has 1 fully saturated rings. The highest BCUT2D eigenvalue weighted by atomic mass is 35.5. The lowest BCUT2D eigenvalue weighted by Gasteiger charge is -2.34. The zero-order chi connectivity index (χ0) is 14.7. The van der Waals surface area contributed by atoms with Crippen molar-refractivity contribution >= 4 is 28.2 Å². The van der Waals surface area contributed by atoms with Gasteiger partial charge in [0.1, 0.15) is 0 Å². The normalized spacial score (nSPS) is 16.6. The second-order valence-electron chi connectivity index (χ2n) is 5.81. The fraction of sp³-hybridized carbons (Fsp3) is 0.471. The van der Waals surface area contributed by atoms with Gasteiger partial charge in [0.15, 0.2) is 0 Å². The van der Waals surface area contributed by atoms with Crippen molar-refractivity contribution in [1.82, 2.24) is 10.3 Å². The summed E-state index contributed by atoms with van der Waals surface area (Å²) in [4.78, 5) is 6.93. The molecule has 112 valence electrons. The minimum atomic E-state index is 0.748. The van der Waals surface area contributed by atoms with E-state index in [0.717, 1.165) is 36.1 Å². The lowest BCUT2D eigenvalue weighted by molar-refractivity contribution is 0.378. The van der Waals surface area contributed by atoms with Crippen LogP contribution in [0.4, 0.5) is 5.69 Å². The molecule has 1 aliphatic rings. The van der Waals surface area contributed by atoms with Gasteiger partial charge in [-0.2, -0.15) is 0 Å². The van der Waals surface area contributed by atoms with Gasteiger partial charge in [-0.05, 0) is 63.0 Å². The average Bonchev–Trinajstić information content (AvgIpc) is 2.52. The summed E-state index contributed by atoms with van der Waals surface area (Å²) in [6, 6.07) is 8.12. The van der Waals surface area contributed by atoms with Crippen molar-refractivity contribution < 1.29 is 0 Å². The van der Waals surface area contributed by atoms with Crippen molar-refractivity contribution in [2.24, 2.45) is 5.92 Å². The highest BCUT2D eigenvalue weighted by Crippen LogP contribution is 2.31. The molecule has 0 bridgehead atoms. The first-order valence-electron chi connectivity index (χ1n) is 7.72. The van der Waals surface area contributed by atoms with Crippen LogP contribution in [-0.4, -0.2) is 31.7 Å². The second kappa shape index (κ2) is 6.63. The fourth-order valence-electron chi connectivity index (χ4n) is 3.19. The number of fused-ring (bicyclic) bond motifs is 1. The zero-order valence-electron chi connectivity index (χ0n) is 12.5. The average molecular weight is 304 g/mol. The minimum Gasteiger partial charge on any atom is -0.371 e. The summed E-state index contributed by atoms with van der Waals surface area (Å²) in [5.41, 5.74) is 2.28. The van der Waals surface area contributed by atoms with E-state index >= 15 is 0 Å². The van der Waals surface area contributed by atoms with Crippen LogP contribution in [0.2, 0.25) is 5.02 Å². The molecule has 4 heteroatoms. The second-order valence-corrected chi connectivity index (χ2v) is 6.25.